The van der Waals surface area contributed by atoms with Crippen molar-refractivity contribution in [2.24, 2.45) is 0 Å². The number of aryl methyl sites for hydroxylation is 1. The van der Waals surface area contributed by atoms with Gasteiger partial charge < -0.3 is 10.2 Å². The van der Waals surface area contributed by atoms with Crippen LogP contribution < -0.4 is 5.32 Å². The minimum atomic E-state index is 0.00591. The van der Waals surface area contributed by atoms with Crippen LogP contribution in [0.15, 0.2) is 24.3 Å². The molecule has 1 atom stereocenters. The third kappa shape index (κ3) is 3.33. The normalized spacial score (nSPS) is 22.1. The SMILES string of the molecule is CCCN(C(=O)C1SCCc2ccccc21)C1CCNCC1. The van der Waals surface area contributed by atoms with Crippen LogP contribution in [-0.2, 0) is 11.2 Å². The quantitative estimate of drug-likeness (QED) is 0.926. The van der Waals surface area contributed by atoms with Gasteiger partial charge in [0, 0.05) is 12.6 Å². The zero-order chi connectivity index (χ0) is 15.4. The monoisotopic (exact) mass is 318 g/mol. The molecule has 2 aliphatic heterocycles. The summed E-state index contributed by atoms with van der Waals surface area (Å²) in [6.45, 7) is 5.13. The third-order valence-corrected chi connectivity index (χ3v) is 5.94. The average Bonchev–Trinajstić information content (AvgIpc) is 2.59. The maximum Gasteiger partial charge on any atom is 0.240 e. The number of carbonyl (C=O) groups excluding carboxylic acids is 1. The number of amides is 1. The van der Waals surface area contributed by atoms with Crippen LogP contribution in [0.25, 0.3) is 0 Å². The lowest BCUT2D eigenvalue weighted by atomic mass is 9.99. The van der Waals surface area contributed by atoms with Crippen molar-refractivity contribution >= 4 is 17.7 Å². The van der Waals surface area contributed by atoms with Crippen LogP contribution >= 0.6 is 11.8 Å². The van der Waals surface area contributed by atoms with Crippen LogP contribution in [-0.4, -0.2) is 42.2 Å². The van der Waals surface area contributed by atoms with E-state index in [2.05, 4.69) is 41.4 Å². The molecule has 3 nitrogen and oxygen atoms in total. The Morgan fingerprint density at radius 2 is 2.09 bits per heavy atom. The fourth-order valence-corrected chi connectivity index (χ4v) is 4.84. The van der Waals surface area contributed by atoms with E-state index in [-0.39, 0.29) is 5.25 Å². The van der Waals surface area contributed by atoms with Crippen LogP contribution in [0.2, 0.25) is 0 Å². The molecule has 120 valence electrons. The molecule has 0 aromatic heterocycles. The number of carbonyl (C=O) groups is 1. The Labute approximate surface area is 137 Å². The molecule has 3 rings (SSSR count). The Kier molecular flexibility index (Phi) is 5.42. The summed E-state index contributed by atoms with van der Waals surface area (Å²) >= 11 is 1.83. The minimum Gasteiger partial charge on any atom is -0.338 e. The molecule has 1 unspecified atom stereocenters. The number of thioether (sulfide) groups is 1. The van der Waals surface area contributed by atoms with Crippen molar-refractivity contribution in [3.63, 3.8) is 0 Å². The average molecular weight is 318 g/mol. The van der Waals surface area contributed by atoms with Crippen molar-refractivity contribution in [2.45, 2.75) is 43.9 Å². The summed E-state index contributed by atoms with van der Waals surface area (Å²) in [5.74, 6) is 1.39. The number of nitrogens with one attached hydrogen (secondary N) is 1. The highest BCUT2D eigenvalue weighted by molar-refractivity contribution is 8.00. The van der Waals surface area contributed by atoms with E-state index in [1.165, 1.54) is 11.1 Å². The lowest BCUT2D eigenvalue weighted by Crippen LogP contribution is -2.48. The fourth-order valence-electron chi connectivity index (χ4n) is 3.58. The Balaban J connectivity index is 1.81. The topological polar surface area (TPSA) is 32.3 Å². The number of piperidine rings is 1. The van der Waals surface area contributed by atoms with Crippen LogP contribution in [0.4, 0.5) is 0 Å². The maximum absolute atomic E-state index is 13.2. The third-order valence-electron chi connectivity index (χ3n) is 4.71. The summed E-state index contributed by atoms with van der Waals surface area (Å²) in [4.78, 5) is 15.4. The van der Waals surface area contributed by atoms with Crippen molar-refractivity contribution in [1.29, 1.82) is 0 Å². The molecule has 2 heterocycles. The fraction of sp³-hybridized carbons (Fsp3) is 0.611. The summed E-state index contributed by atoms with van der Waals surface area (Å²) < 4.78 is 0. The first-order valence-corrected chi connectivity index (χ1v) is 9.56. The number of hydrogen-bond donors (Lipinski definition) is 1. The van der Waals surface area contributed by atoms with Crippen molar-refractivity contribution in [1.82, 2.24) is 10.2 Å². The lowest BCUT2D eigenvalue weighted by molar-refractivity contribution is -0.133. The van der Waals surface area contributed by atoms with Gasteiger partial charge in [-0.25, -0.2) is 0 Å². The van der Waals surface area contributed by atoms with Crippen LogP contribution in [0.3, 0.4) is 0 Å². The first-order chi connectivity index (χ1) is 10.8. The molecular formula is C18H26N2OS. The van der Waals surface area contributed by atoms with E-state index in [1.54, 1.807) is 0 Å². The van der Waals surface area contributed by atoms with Gasteiger partial charge in [0.15, 0.2) is 0 Å². The standard InChI is InChI=1S/C18H26N2OS/c1-2-12-20(15-7-10-19-11-8-15)18(21)17-16-6-4-3-5-14(16)9-13-22-17/h3-6,15,17,19H,2,7-13H2,1H3. The summed E-state index contributed by atoms with van der Waals surface area (Å²) in [5, 5.41) is 3.41. The molecule has 1 N–H and O–H groups in total. The smallest absolute Gasteiger partial charge is 0.240 e. The highest BCUT2D eigenvalue weighted by atomic mass is 32.2. The van der Waals surface area contributed by atoms with Gasteiger partial charge in [0.1, 0.15) is 5.25 Å². The van der Waals surface area contributed by atoms with E-state index in [0.717, 1.165) is 51.1 Å². The van der Waals surface area contributed by atoms with Gasteiger partial charge in [-0.05, 0) is 55.7 Å². The van der Waals surface area contributed by atoms with E-state index in [0.29, 0.717) is 11.9 Å². The Hall–Kier alpha value is -1.00. The van der Waals surface area contributed by atoms with Gasteiger partial charge in [0.2, 0.25) is 5.91 Å². The first-order valence-electron chi connectivity index (χ1n) is 8.52. The van der Waals surface area contributed by atoms with E-state index in [9.17, 15) is 4.79 Å². The highest BCUT2D eigenvalue weighted by Gasteiger charge is 2.33. The second-order valence-corrected chi connectivity index (χ2v) is 7.43. The molecular weight excluding hydrogens is 292 g/mol. The minimum absolute atomic E-state index is 0.00591. The first kappa shape index (κ1) is 15.9. The summed E-state index contributed by atoms with van der Waals surface area (Å²) in [6.07, 6.45) is 4.30. The van der Waals surface area contributed by atoms with E-state index in [1.807, 2.05) is 11.8 Å². The van der Waals surface area contributed by atoms with Gasteiger partial charge in [0.25, 0.3) is 0 Å². The Morgan fingerprint density at radius 1 is 1.32 bits per heavy atom. The maximum atomic E-state index is 13.2. The number of nitrogens with zero attached hydrogens (tertiary/aromatic N) is 1. The number of hydrogen-bond acceptors (Lipinski definition) is 3. The van der Waals surface area contributed by atoms with Gasteiger partial charge in [-0.3, -0.25) is 4.79 Å². The van der Waals surface area contributed by atoms with Crippen LogP contribution in [0, 0.1) is 0 Å². The van der Waals surface area contributed by atoms with Gasteiger partial charge in [-0.1, -0.05) is 31.2 Å². The van der Waals surface area contributed by atoms with Gasteiger partial charge in [0.05, 0.1) is 0 Å². The molecule has 22 heavy (non-hydrogen) atoms. The molecule has 1 aromatic carbocycles. The molecule has 0 saturated carbocycles. The molecule has 1 saturated heterocycles. The van der Waals surface area contributed by atoms with Crippen molar-refractivity contribution in [3.8, 4) is 0 Å². The number of fused-ring (bicyclic) bond motifs is 1. The Morgan fingerprint density at radius 3 is 2.86 bits per heavy atom. The molecule has 0 aliphatic carbocycles. The molecule has 0 radical (unpaired) electrons. The van der Waals surface area contributed by atoms with Gasteiger partial charge in [-0.2, -0.15) is 0 Å². The van der Waals surface area contributed by atoms with Crippen LogP contribution in [0.1, 0.15) is 42.6 Å². The lowest BCUT2D eigenvalue weighted by Gasteiger charge is -2.37. The Bertz CT molecular complexity index is 514. The molecule has 0 spiro atoms. The van der Waals surface area contributed by atoms with Crippen molar-refractivity contribution in [3.05, 3.63) is 35.4 Å². The van der Waals surface area contributed by atoms with Crippen molar-refractivity contribution < 1.29 is 4.79 Å². The largest absolute Gasteiger partial charge is 0.338 e. The van der Waals surface area contributed by atoms with Crippen molar-refractivity contribution in [2.75, 3.05) is 25.4 Å². The van der Waals surface area contributed by atoms with E-state index in [4.69, 9.17) is 0 Å². The molecule has 1 amide bonds. The highest BCUT2D eigenvalue weighted by Crippen LogP contribution is 2.38. The molecule has 1 fully saturated rings. The summed E-state index contributed by atoms with van der Waals surface area (Å²) in [5.41, 5.74) is 2.61. The van der Waals surface area contributed by atoms with Crippen LogP contribution in [0.5, 0.6) is 0 Å². The summed E-state index contributed by atoms with van der Waals surface area (Å²) in [7, 11) is 0. The summed E-state index contributed by atoms with van der Waals surface area (Å²) in [6, 6.07) is 8.91. The van der Waals surface area contributed by atoms with E-state index >= 15 is 0 Å². The predicted molar refractivity (Wildman–Crippen MR) is 93.2 cm³/mol. The molecule has 0 bridgehead atoms. The van der Waals surface area contributed by atoms with E-state index < -0.39 is 0 Å². The molecule has 4 heteroatoms. The molecule has 1 aromatic rings. The van der Waals surface area contributed by atoms with Gasteiger partial charge in [-0.15, -0.1) is 11.8 Å². The predicted octanol–water partition coefficient (Wildman–Crippen LogP) is 3.01. The molecule has 2 aliphatic rings. The zero-order valence-corrected chi connectivity index (χ0v) is 14.2. The van der Waals surface area contributed by atoms with Gasteiger partial charge >= 0.3 is 0 Å². The second kappa shape index (κ2) is 7.51. The second-order valence-electron chi connectivity index (χ2n) is 6.21. The number of rotatable bonds is 4. The zero-order valence-electron chi connectivity index (χ0n) is 13.4. The number of benzene rings is 1.